The summed E-state index contributed by atoms with van der Waals surface area (Å²) in [5.74, 6) is -0.192. The van der Waals surface area contributed by atoms with Gasteiger partial charge in [-0.05, 0) is 78.2 Å². The molecule has 0 bridgehead atoms. The van der Waals surface area contributed by atoms with E-state index in [1.807, 2.05) is 19.9 Å². The lowest BCUT2D eigenvalue weighted by atomic mass is 9.89. The number of hydrogen-bond acceptors (Lipinski definition) is 5. The Hall–Kier alpha value is -2.35. The molecule has 0 aliphatic heterocycles. The molecule has 1 amide bonds. The SMILES string of the molecule is CCN(c1cc(Cl)cc(C(=O)NCc2c(Cl)nc(C)c3cn[nH]c23)c1C)C1CCC(N(C)C)CC1. The average molecular weight is 518 g/mol. The highest BCUT2D eigenvalue weighted by Gasteiger charge is 2.28. The van der Waals surface area contributed by atoms with E-state index in [0.717, 1.165) is 47.2 Å². The molecule has 9 heteroatoms. The molecule has 1 aliphatic carbocycles. The van der Waals surface area contributed by atoms with E-state index in [0.29, 0.717) is 33.4 Å². The van der Waals surface area contributed by atoms with Crippen molar-refractivity contribution in [1.82, 2.24) is 25.4 Å². The van der Waals surface area contributed by atoms with Crippen molar-refractivity contribution < 1.29 is 4.79 Å². The molecule has 4 rings (SSSR count). The second kappa shape index (κ2) is 10.7. The van der Waals surface area contributed by atoms with Gasteiger partial charge in [0.15, 0.2) is 0 Å². The molecule has 1 fully saturated rings. The third-order valence-electron chi connectivity index (χ3n) is 7.35. The number of aromatic amines is 1. The number of aromatic nitrogens is 3. The largest absolute Gasteiger partial charge is 0.369 e. The molecule has 1 aromatic carbocycles. The number of carbonyl (C=O) groups is 1. The Labute approximate surface area is 217 Å². The number of amides is 1. The van der Waals surface area contributed by atoms with Gasteiger partial charge in [-0.25, -0.2) is 4.98 Å². The summed E-state index contributed by atoms with van der Waals surface area (Å²) >= 11 is 12.9. The first-order valence-corrected chi connectivity index (χ1v) is 13.0. The quantitative estimate of drug-likeness (QED) is 0.404. The van der Waals surface area contributed by atoms with Crippen LogP contribution in [0.4, 0.5) is 5.69 Å². The lowest BCUT2D eigenvalue weighted by Gasteiger charge is -2.40. The van der Waals surface area contributed by atoms with Gasteiger partial charge in [0.05, 0.1) is 17.4 Å². The van der Waals surface area contributed by atoms with Gasteiger partial charge in [-0.2, -0.15) is 5.10 Å². The van der Waals surface area contributed by atoms with E-state index in [4.69, 9.17) is 23.2 Å². The third-order valence-corrected chi connectivity index (χ3v) is 7.88. The number of benzene rings is 1. The Morgan fingerprint density at radius 1 is 1.14 bits per heavy atom. The fourth-order valence-corrected chi connectivity index (χ4v) is 5.80. The van der Waals surface area contributed by atoms with E-state index in [1.165, 1.54) is 12.8 Å². The number of halogens is 2. The van der Waals surface area contributed by atoms with Crippen molar-refractivity contribution in [3.05, 3.63) is 50.9 Å². The van der Waals surface area contributed by atoms with Crippen LogP contribution in [0.15, 0.2) is 18.3 Å². The average Bonchev–Trinajstić information content (AvgIpc) is 3.32. The maximum Gasteiger partial charge on any atom is 0.251 e. The standard InChI is InChI=1S/C26H34Cl2N6O/c1-6-34(19-9-7-18(8-10-19)33(4)5)23-12-17(27)11-20(15(23)2)26(35)29-13-22-24-21(14-30-32-24)16(3)31-25(22)28/h11-12,14,18-19H,6-10,13H2,1-5H3,(H,29,35)(H,30,32). The van der Waals surface area contributed by atoms with Gasteiger partial charge < -0.3 is 15.1 Å². The smallest absolute Gasteiger partial charge is 0.251 e. The molecular formula is C26H34Cl2N6O. The number of pyridine rings is 1. The van der Waals surface area contributed by atoms with Crippen LogP contribution in [0.2, 0.25) is 10.2 Å². The van der Waals surface area contributed by atoms with Crippen LogP contribution < -0.4 is 10.2 Å². The second-order valence-corrected chi connectivity index (χ2v) is 10.4. The molecule has 0 unspecified atom stereocenters. The Morgan fingerprint density at radius 2 is 1.83 bits per heavy atom. The van der Waals surface area contributed by atoms with Gasteiger partial charge in [0.1, 0.15) is 5.15 Å². The number of hydrogen-bond donors (Lipinski definition) is 2. The Bertz CT molecular complexity index is 1220. The van der Waals surface area contributed by atoms with Crippen LogP contribution in [-0.4, -0.2) is 58.7 Å². The van der Waals surface area contributed by atoms with Crippen molar-refractivity contribution in [2.75, 3.05) is 25.5 Å². The van der Waals surface area contributed by atoms with Gasteiger partial charge in [-0.15, -0.1) is 0 Å². The Morgan fingerprint density at radius 3 is 2.49 bits per heavy atom. The predicted molar refractivity (Wildman–Crippen MR) is 144 cm³/mol. The summed E-state index contributed by atoms with van der Waals surface area (Å²) in [6, 6.07) is 4.81. The van der Waals surface area contributed by atoms with E-state index < -0.39 is 0 Å². The molecule has 2 N–H and O–H groups in total. The van der Waals surface area contributed by atoms with Gasteiger partial charge in [0.25, 0.3) is 5.91 Å². The molecule has 1 saturated carbocycles. The van der Waals surface area contributed by atoms with Crippen LogP contribution in [0, 0.1) is 13.8 Å². The van der Waals surface area contributed by atoms with Crippen molar-refractivity contribution in [1.29, 1.82) is 0 Å². The van der Waals surface area contributed by atoms with Crippen LogP contribution >= 0.6 is 23.2 Å². The van der Waals surface area contributed by atoms with Crippen LogP contribution in [-0.2, 0) is 6.54 Å². The highest BCUT2D eigenvalue weighted by molar-refractivity contribution is 6.31. The number of carbonyl (C=O) groups excluding carboxylic acids is 1. The van der Waals surface area contributed by atoms with Crippen molar-refractivity contribution in [3.8, 4) is 0 Å². The molecule has 0 radical (unpaired) electrons. The van der Waals surface area contributed by atoms with E-state index in [-0.39, 0.29) is 12.5 Å². The molecule has 0 saturated heterocycles. The van der Waals surface area contributed by atoms with Gasteiger partial charge >= 0.3 is 0 Å². The zero-order valence-corrected chi connectivity index (χ0v) is 22.6. The minimum absolute atomic E-state index is 0.192. The molecular weight excluding hydrogens is 483 g/mol. The number of rotatable bonds is 7. The van der Waals surface area contributed by atoms with Gasteiger partial charge in [-0.3, -0.25) is 9.89 Å². The maximum atomic E-state index is 13.3. The van der Waals surface area contributed by atoms with Crippen LogP contribution in [0.5, 0.6) is 0 Å². The number of nitrogens with one attached hydrogen (secondary N) is 2. The van der Waals surface area contributed by atoms with Gasteiger partial charge in [0, 0.05) is 52.4 Å². The minimum Gasteiger partial charge on any atom is -0.369 e. The lowest BCUT2D eigenvalue weighted by molar-refractivity contribution is 0.0950. The summed E-state index contributed by atoms with van der Waals surface area (Å²) in [6.45, 7) is 7.15. The molecule has 2 aromatic heterocycles. The molecule has 3 aromatic rings. The number of H-pyrrole nitrogens is 1. The fourth-order valence-electron chi connectivity index (χ4n) is 5.30. The van der Waals surface area contributed by atoms with E-state index >= 15 is 0 Å². The van der Waals surface area contributed by atoms with E-state index in [9.17, 15) is 4.79 Å². The first-order chi connectivity index (χ1) is 16.7. The van der Waals surface area contributed by atoms with Crippen LogP contribution in [0.25, 0.3) is 10.9 Å². The molecule has 7 nitrogen and oxygen atoms in total. The van der Waals surface area contributed by atoms with Crippen LogP contribution in [0.3, 0.4) is 0 Å². The molecule has 1 aliphatic rings. The zero-order chi connectivity index (χ0) is 25.3. The molecule has 0 atom stereocenters. The zero-order valence-electron chi connectivity index (χ0n) is 21.1. The van der Waals surface area contributed by atoms with Gasteiger partial charge in [0.2, 0.25) is 0 Å². The highest BCUT2D eigenvalue weighted by Crippen LogP contribution is 2.34. The Kier molecular flexibility index (Phi) is 7.89. The van der Waals surface area contributed by atoms with E-state index in [1.54, 1.807) is 12.3 Å². The van der Waals surface area contributed by atoms with Crippen LogP contribution in [0.1, 0.15) is 59.8 Å². The summed E-state index contributed by atoms with van der Waals surface area (Å²) in [5.41, 5.74) is 4.84. The molecule has 188 valence electrons. The molecule has 2 heterocycles. The maximum absolute atomic E-state index is 13.3. The predicted octanol–water partition coefficient (Wildman–Crippen LogP) is 5.51. The number of aryl methyl sites for hydroxylation is 1. The van der Waals surface area contributed by atoms with Crippen molar-refractivity contribution >= 4 is 45.7 Å². The van der Waals surface area contributed by atoms with Gasteiger partial charge in [-0.1, -0.05) is 23.2 Å². The fraction of sp³-hybridized carbons (Fsp3) is 0.500. The van der Waals surface area contributed by atoms with Crippen molar-refractivity contribution in [2.45, 2.75) is 65.1 Å². The van der Waals surface area contributed by atoms with Crippen molar-refractivity contribution in [2.24, 2.45) is 0 Å². The summed E-state index contributed by atoms with van der Waals surface area (Å²) in [6.07, 6.45) is 6.33. The highest BCUT2D eigenvalue weighted by atomic mass is 35.5. The summed E-state index contributed by atoms with van der Waals surface area (Å²) in [7, 11) is 4.32. The lowest BCUT2D eigenvalue weighted by Crippen LogP contribution is -2.42. The molecule has 35 heavy (non-hydrogen) atoms. The Balaban J connectivity index is 1.56. The summed E-state index contributed by atoms with van der Waals surface area (Å²) in [4.78, 5) is 22.5. The topological polar surface area (TPSA) is 77.1 Å². The molecule has 0 spiro atoms. The minimum atomic E-state index is -0.192. The number of anilines is 1. The summed E-state index contributed by atoms with van der Waals surface area (Å²) < 4.78 is 0. The monoisotopic (exact) mass is 516 g/mol. The first kappa shape index (κ1) is 25.7. The van der Waals surface area contributed by atoms with E-state index in [2.05, 4.69) is 51.3 Å². The number of fused-ring (bicyclic) bond motifs is 1. The third kappa shape index (κ3) is 5.27. The van der Waals surface area contributed by atoms with Crippen molar-refractivity contribution in [3.63, 3.8) is 0 Å². The second-order valence-electron chi connectivity index (χ2n) is 9.62. The number of nitrogens with zero attached hydrogens (tertiary/aromatic N) is 4. The summed E-state index contributed by atoms with van der Waals surface area (Å²) in [5, 5.41) is 11.9. The normalized spacial score (nSPS) is 18.3. The first-order valence-electron chi connectivity index (χ1n) is 12.2.